The normalized spacial score (nSPS) is 22.1. The molecule has 0 aromatic carbocycles. The van der Waals surface area contributed by atoms with Gasteiger partial charge in [-0.25, -0.2) is 22.0 Å². The molecule has 0 aliphatic carbocycles. The van der Waals surface area contributed by atoms with Gasteiger partial charge in [0.2, 0.25) is 10.0 Å². The van der Waals surface area contributed by atoms with Gasteiger partial charge < -0.3 is 5.32 Å². The Morgan fingerprint density at radius 1 is 1.48 bits per heavy atom. The van der Waals surface area contributed by atoms with Crippen LogP contribution in [-0.2, 0) is 20.0 Å². The van der Waals surface area contributed by atoms with Crippen LogP contribution in [-0.4, -0.2) is 40.8 Å². The van der Waals surface area contributed by atoms with E-state index in [0.717, 1.165) is 11.3 Å². The maximum absolute atomic E-state index is 12.6. The number of likely N-dealkylation sites (N-methyl/N-ethyl adjacent to an activating group) is 1. The van der Waals surface area contributed by atoms with E-state index in [0.29, 0.717) is 31.6 Å². The molecule has 0 bridgehead atoms. The Morgan fingerprint density at radius 3 is 2.67 bits per heavy atom. The molecule has 2 rings (SSSR count). The van der Waals surface area contributed by atoms with Gasteiger partial charge in [-0.05, 0) is 19.0 Å². The third-order valence-corrected chi connectivity index (χ3v) is 8.21. The Hall–Kier alpha value is -0.520. The number of nitrogens with two attached hydrogens (primary N) is 1. The molecule has 7 nitrogen and oxygen atoms in total. The summed E-state index contributed by atoms with van der Waals surface area (Å²) in [4.78, 5) is 0. The van der Waals surface area contributed by atoms with Gasteiger partial charge in [-0.15, -0.1) is 11.3 Å². The highest BCUT2D eigenvalue weighted by molar-refractivity contribution is 7.94. The minimum absolute atomic E-state index is 0.0807. The van der Waals surface area contributed by atoms with Crippen molar-refractivity contribution in [1.82, 2.24) is 9.62 Å². The molecule has 0 radical (unpaired) electrons. The molecule has 3 N–H and O–H groups in total. The Balaban J connectivity index is 2.59. The van der Waals surface area contributed by atoms with Crippen molar-refractivity contribution in [2.24, 2.45) is 5.14 Å². The molecule has 1 aliphatic heterocycles. The average Bonchev–Trinajstić information content (AvgIpc) is 2.82. The van der Waals surface area contributed by atoms with E-state index in [-0.39, 0.29) is 14.5 Å². The first-order chi connectivity index (χ1) is 9.71. The van der Waals surface area contributed by atoms with Crippen LogP contribution in [0.25, 0.3) is 0 Å². The SMILES string of the molecule is CCCN1CC(NCC)c2cc(S(N)(=O)=O)sc2S1(=O)=O. The van der Waals surface area contributed by atoms with Crippen molar-refractivity contribution in [3.8, 4) is 0 Å². The third kappa shape index (κ3) is 3.15. The van der Waals surface area contributed by atoms with Crippen LogP contribution in [0, 0.1) is 0 Å². The van der Waals surface area contributed by atoms with Gasteiger partial charge in [0, 0.05) is 24.7 Å². The zero-order valence-corrected chi connectivity index (χ0v) is 14.3. The van der Waals surface area contributed by atoms with Crippen LogP contribution in [0.15, 0.2) is 14.5 Å². The summed E-state index contributed by atoms with van der Waals surface area (Å²) in [6, 6.07) is 1.16. The maximum atomic E-state index is 12.6. The lowest BCUT2D eigenvalue weighted by molar-refractivity contribution is 0.344. The van der Waals surface area contributed by atoms with Crippen molar-refractivity contribution in [2.45, 2.75) is 34.7 Å². The summed E-state index contributed by atoms with van der Waals surface area (Å²) in [6.07, 6.45) is 0.695. The molecular weight excluding hydrogens is 334 g/mol. The van der Waals surface area contributed by atoms with Gasteiger partial charge in [0.05, 0.1) is 0 Å². The number of primary sulfonamides is 1. The van der Waals surface area contributed by atoms with Crippen LogP contribution in [0.1, 0.15) is 31.9 Å². The summed E-state index contributed by atoms with van der Waals surface area (Å²) in [5.41, 5.74) is 0.498. The summed E-state index contributed by atoms with van der Waals surface area (Å²) in [7, 11) is -7.55. The second-order valence-electron chi connectivity index (χ2n) is 4.83. The van der Waals surface area contributed by atoms with Crippen LogP contribution in [0.5, 0.6) is 0 Å². The maximum Gasteiger partial charge on any atom is 0.252 e. The lowest BCUT2D eigenvalue weighted by atomic mass is 10.1. The van der Waals surface area contributed by atoms with Crippen LogP contribution in [0.4, 0.5) is 0 Å². The molecule has 1 aromatic rings. The first kappa shape index (κ1) is 16.8. The quantitative estimate of drug-likeness (QED) is 0.799. The number of sulfonamides is 2. The molecule has 10 heteroatoms. The predicted octanol–water partition coefficient (Wildman–Crippen LogP) is 0.460. The molecule has 21 heavy (non-hydrogen) atoms. The summed E-state index contributed by atoms with van der Waals surface area (Å²) in [6.45, 7) is 5.19. The molecular formula is C11H19N3O4S3. The number of thiophene rings is 1. The zero-order chi connectivity index (χ0) is 15.8. The highest BCUT2D eigenvalue weighted by atomic mass is 32.3. The number of rotatable bonds is 5. The second-order valence-corrected chi connectivity index (χ2v) is 9.80. The number of hydrogen-bond acceptors (Lipinski definition) is 6. The number of hydrogen-bond donors (Lipinski definition) is 2. The molecule has 0 saturated heterocycles. The van der Waals surface area contributed by atoms with Gasteiger partial charge in [-0.2, -0.15) is 4.31 Å². The van der Waals surface area contributed by atoms with E-state index in [1.807, 2.05) is 13.8 Å². The summed E-state index contributed by atoms with van der Waals surface area (Å²) in [5, 5.41) is 8.32. The lowest BCUT2D eigenvalue weighted by Crippen LogP contribution is -2.43. The van der Waals surface area contributed by atoms with Crippen molar-refractivity contribution in [3.63, 3.8) is 0 Å². The molecule has 1 aromatic heterocycles. The second kappa shape index (κ2) is 5.94. The van der Waals surface area contributed by atoms with Crippen LogP contribution < -0.4 is 10.5 Å². The van der Waals surface area contributed by atoms with Gasteiger partial charge in [-0.3, -0.25) is 0 Å². The highest BCUT2D eigenvalue weighted by Crippen LogP contribution is 2.39. The largest absolute Gasteiger partial charge is 0.309 e. The molecule has 1 atom stereocenters. The first-order valence-corrected chi connectivity index (χ1v) is 10.4. The molecule has 0 amide bonds. The molecule has 0 saturated carbocycles. The molecule has 0 spiro atoms. The topological polar surface area (TPSA) is 110 Å². The minimum Gasteiger partial charge on any atom is -0.309 e. The Bertz CT molecular complexity index is 724. The number of nitrogens with zero attached hydrogens (tertiary/aromatic N) is 1. The van der Waals surface area contributed by atoms with E-state index >= 15 is 0 Å². The number of fused-ring (bicyclic) bond motifs is 1. The fourth-order valence-corrected chi connectivity index (χ4v) is 6.71. The van der Waals surface area contributed by atoms with Crippen molar-refractivity contribution < 1.29 is 16.8 Å². The third-order valence-electron chi connectivity index (χ3n) is 3.24. The van der Waals surface area contributed by atoms with E-state index in [2.05, 4.69) is 5.32 Å². The van der Waals surface area contributed by atoms with Crippen LogP contribution >= 0.6 is 11.3 Å². The Labute approximate surface area is 129 Å². The van der Waals surface area contributed by atoms with Gasteiger partial charge in [-0.1, -0.05) is 13.8 Å². The summed E-state index contributed by atoms with van der Waals surface area (Å²) < 4.78 is 49.5. The highest BCUT2D eigenvalue weighted by Gasteiger charge is 2.39. The van der Waals surface area contributed by atoms with E-state index in [1.165, 1.54) is 10.4 Å². The zero-order valence-electron chi connectivity index (χ0n) is 11.9. The first-order valence-electron chi connectivity index (χ1n) is 6.61. The fourth-order valence-electron chi connectivity index (χ4n) is 2.35. The van der Waals surface area contributed by atoms with Crippen molar-refractivity contribution in [1.29, 1.82) is 0 Å². The number of nitrogens with one attached hydrogen (secondary N) is 1. The molecule has 0 fully saturated rings. The van der Waals surface area contributed by atoms with Gasteiger partial charge in [0.1, 0.15) is 8.42 Å². The van der Waals surface area contributed by atoms with E-state index in [1.54, 1.807) is 0 Å². The Morgan fingerprint density at radius 2 is 2.14 bits per heavy atom. The lowest BCUT2D eigenvalue weighted by Gasteiger charge is -2.32. The van der Waals surface area contributed by atoms with Gasteiger partial charge in [0.25, 0.3) is 10.0 Å². The van der Waals surface area contributed by atoms with E-state index in [9.17, 15) is 16.8 Å². The standard InChI is InChI=1S/C11H19N3O4S3/c1-3-5-14-7-9(13-4-2)8-6-10(20(12,15)16)19-11(8)21(14,17)18/h6,9,13H,3-5,7H2,1-2H3,(H2,12,15,16). The molecule has 1 aliphatic rings. The van der Waals surface area contributed by atoms with E-state index in [4.69, 9.17) is 5.14 Å². The van der Waals surface area contributed by atoms with Crippen molar-refractivity contribution in [3.05, 3.63) is 11.6 Å². The van der Waals surface area contributed by atoms with Gasteiger partial charge >= 0.3 is 0 Å². The average molecular weight is 353 g/mol. The molecule has 120 valence electrons. The molecule has 1 unspecified atom stereocenters. The summed E-state index contributed by atoms with van der Waals surface area (Å²) >= 11 is 0.726. The fraction of sp³-hybridized carbons (Fsp3) is 0.636. The van der Waals surface area contributed by atoms with Crippen LogP contribution in [0.3, 0.4) is 0 Å². The Kier molecular flexibility index (Phi) is 4.76. The smallest absolute Gasteiger partial charge is 0.252 e. The van der Waals surface area contributed by atoms with Crippen molar-refractivity contribution in [2.75, 3.05) is 19.6 Å². The predicted molar refractivity (Wildman–Crippen MR) is 81.2 cm³/mol. The molecule has 2 heterocycles. The minimum atomic E-state index is -3.91. The van der Waals surface area contributed by atoms with Crippen molar-refractivity contribution >= 4 is 31.4 Å². The summed E-state index contributed by atoms with van der Waals surface area (Å²) in [5.74, 6) is 0. The van der Waals surface area contributed by atoms with E-state index < -0.39 is 20.0 Å². The monoisotopic (exact) mass is 353 g/mol. The van der Waals surface area contributed by atoms with Gasteiger partial charge in [0.15, 0.2) is 0 Å². The van der Waals surface area contributed by atoms with Crippen LogP contribution in [0.2, 0.25) is 0 Å².